The molecule has 4 heteroatoms. The van der Waals surface area contributed by atoms with Gasteiger partial charge in [0.25, 0.3) is 0 Å². The van der Waals surface area contributed by atoms with Crippen molar-refractivity contribution in [3.8, 4) is 0 Å². The molecule has 0 heterocycles. The van der Waals surface area contributed by atoms with Gasteiger partial charge >= 0.3 is 0 Å². The molecule has 0 spiro atoms. The molecule has 0 fully saturated rings. The van der Waals surface area contributed by atoms with Crippen LogP contribution in [0.25, 0.3) is 0 Å². The molecule has 0 aliphatic rings. The summed E-state index contributed by atoms with van der Waals surface area (Å²) in [6.45, 7) is 0. The van der Waals surface area contributed by atoms with Gasteiger partial charge in [0.2, 0.25) is 0 Å². The maximum atomic E-state index is 2.17. The van der Waals surface area contributed by atoms with E-state index >= 15 is 0 Å². The number of halogens is 3. The van der Waals surface area contributed by atoms with Gasteiger partial charge in [-0.1, -0.05) is 69.2 Å². The summed E-state index contributed by atoms with van der Waals surface area (Å²) in [5.74, 6) is 0. The molecular weight excluding hydrogens is 232 g/mol. The van der Waals surface area contributed by atoms with E-state index in [-0.39, 0.29) is 14.1 Å². The first-order valence-electron chi connectivity index (χ1n) is 4.32. The van der Waals surface area contributed by atoms with Crippen molar-refractivity contribution in [1.29, 1.82) is 0 Å². The molecule has 0 nitrogen and oxygen atoms in total. The normalized spacial score (nSPS) is 8.00. The van der Waals surface area contributed by atoms with Gasteiger partial charge in [-0.15, -0.1) is 0 Å². The molecule has 2 rings (SSSR count). The highest BCUT2D eigenvalue weighted by Gasteiger charge is 1.92. The molecule has 0 saturated carbocycles. The maximum absolute atomic E-state index is 2.17. The average molecular weight is 246 g/mol. The van der Waals surface area contributed by atoms with E-state index in [1.165, 1.54) is 10.6 Å². The van der Waals surface area contributed by atoms with Gasteiger partial charge in [-0.25, -0.2) is 0 Å². The Labute approximate surface area is 94.6 Å². The second kappa shape index (κ2) is 8.93. The lowest BCUT2D eigenvalue weighted by Gasteiger charge is -2.00. The Morgan fingerprint density at radius 2 is 0.812 bits per heavy atom. The molecule has 0 aliphatic heterocycles. The molecule has 88 valence electrons. The van der Waals surface area contributed by atoms with Crippen LogP contribution < -0.4 is 10.6 Å². The van der Waals surface area contributed by atoms with Crippen LogP contribution in [-0.4, -0.2) is 0 Å². The third-order valence-electron chi connectivity index (χ3n) is 1.84. The average Bonchev–Trinajstić information content (AvgIpc) is 2.21. The van der Waals surface area contributed by atoms with Crippen molar-refractivity contribution >= 4 is 19.2 Å². The fraction of sp³-hybridized carbons (Fsp3) is 0. The fourth-order valence-corrected chi connectivity index (χ4v) is 2.26. The van der Waals surface area contributed by atoms with E-state index < -0.39 is 0 Å². The van der Waals surface area contributed by atoms with Crippen molar-refractivity contribution in [1.82, 2.24) is 0 Å². The summed E-state index contributed by atoms with van der Waals surface area (Å²) in [4.78, 5) is 0. The van der Waals surface area contributed by atoms with Gasteiger partial charge in [0, 0.05) is 0 Å². The van der Waals surface area contributed by atoms with E-state index in [0.29, 0.717) is 0 Å². The molecule has 0 radical (unpaired) electrons. The van der Waals surface area contributed by atoms with Gasteiger partial charge in [-0.05, 0) is 10.6 Å². The van der Waals surface area contributed by atoms with Crippen molar-refractivity contribution in [2.24, 2.45) is 0 Å². The van der Waals surface area contributed by atoms with Crippen molar-refractivity contribution in [3.05, 3.63) is 60.7 Å². The number of benzene rings is 2. The molecule has 0 unspecified atom stereocenters. The van der Waals surface area contributed by atoms with Gasteiger partial charge < -0.3 is 0 Å². The zero-order valence-electron chi connectivity index (χ0n) is 8.50. The van der Waals surface area contributed by atoms with E-state index in [4.69, 9.17) is 0 Å². The summed E-state index contributed by atoms with van der Waals surface area (Å²) in [6.07, 6.45) is 0. The topological polar surface area (TPSA) is 0 Å². The van der Waals surface area contributed by atoms with Gasteiger partial charge in [0.05, 0.1) is 0 Å². The Bertz CT molecular complexity index is 327. The molecule has 0 N–H and O–H groups in total. The molecule has 0 saturated heterocycles. The molecule has 2 aromatic rings. The van der Waals surface area contributed by atoms with Crippen LogP contribution in [0, 0.1) is 0 Å². The summed E-state index contributed by atoms with van der Waals surface area (Å²) in [5.41, 5.74) is 0. The van der Waals surface area contributed by atoms with Crippen LogP contribution in [0.1, 0.15) is 0 Å². The Hall–Kier alpha value is -1.34. The zero-order chi connectivity index (χ0) is 8.93. The summed E-state index contributed by atoms with van der Waals surface area (Å²) in [6, 6.07) is 21.2. The molecule has 16 heavy (non-hydrogen) atoms. The van der Waals surface area contributed by atoms with Gasteiger partial charge in [-0.3, -0.25) is 14.1 Å². The fourth-order valence-electron chi connectivity index (χ4n) is 1.21. The minimum atomic E-state index is 0. The lowest BCUT2D eigenvalue weighted by atomic mass is 10.4. The van der Waals surface area contributed by atoms with Crippen molar-refractivity contribution in [2.75, 3.05) is 0 Å². The van der Waals surface area contributed by atoms with Crippen LogP contribution in [0.5, 0.6) is 0 Å². The van der Waals surface area contributed by atoms with Crippen LogP contribution in [-0.2, 0) is 0 Å². The monoisotopic (exact) mass is 246 g/mol. The molecule has 0 atom stereocenters. The van der Waals surface area contributed by atoms with Crippen LogP contribution >= 0.6 is 8.58 Å². The van der Waals surface area contributed by atoms with Gasteiger partial charge in [-0.2, -0.15) is 0 Å². The van der Waals surface area contributed by atoms with Crippen molar-refractivity contribution in [2.45, 2.75) is 0 Å². The molecule has 0 aromatic heterocycles. The first-order valence-corrected chi connectivity index (χ1v) is 5.32. The summed E-state index contributed by atoms with van der Waals surface area (Å²) >= 11 is 0. The van der Waals surface area contributed by atoms with E-state index in [2.05, 4.69) is 60.7 Å². The van der Waals surface area contributed by atoms with Crippen molar-refractivity contribution in [3.63, 3.8) is 0 Å². The smallest absolute Gasteiger partial charge is 0.0226 e. The van der Waals surface area contributed by atoms with E-state index in [1.54, 1.807) is 0 Å². The highest BCUT2D eigenvalue weighted by atomic mass is 31.1. The second-order valence-electron chi connectivity index (χ2n) is 2.86. The maximum Gasteiger partial charge on any atom is -0.0226 e. The standard InChI is InChI=1S/C12H11P.3FH/c1-3-7-11(8-4-1)13-12-9-5-2-6-10-12;;;/h1-10,13H;3*1H. The quantitative estimate of drug-likeness (QED) is 0.715. The number of hydrogen-bond donors (Lipinski definition) is 0. The minimum absolute atomic E-state index is 0. The lowest BCUT2D eigenvalue weighted by Crippen LogP contribution is -2.01. The molecule has 0 aliphatic carbocycles. The largest absolute Gasteiger partial charge is 0.269 e. The van der Waals surface area contributed by atoms with Crippen LogP contribution in [0.2, 0.25) is 0 Å². The minimum Gasteiger partial charge on any atom is -0.269 e. The third-order valence-corrected chi connectivity index (χ3v) is 3.08. The van der Waals surface area contributed by atoms with Crippen molar-refractivity contribution < 1.29 is 14.1 Å². The number of rotatable bonds is 2. The highest BCUT2D eigenvalue weighted by molar-refractivity contribution is 7.55. The summed E-state index contributed by atoms with van der Waals surface area (Å²) < 4.78 is 0. The highest BCUT2D eigenvalue weighted by Crippen LogP contribution is 2.08. The Kier molecular flexibility index (Phi) is 9.52. The SMILES string of the molecule is F.F.F.c1ccc(Pc2ccccc2)cc1. The predicted octanol–water partition coefficient (Wildman–Crippen LogP) is 2.77. The van der Waals surface area contributed by atoms with Gasteiger partial charge in [0.15, 0.2) is 0 Å². The van der Waals surface area contributed by atoms with Crippen LogP contribution in [0.15, 0.2) is 60.7 Å². The zero-order valence-corrected chi connectivity index (χ0v) is 9.50. The third kappa shape index (κ3) is 4.94. The summed E-state index contributed by atoms with van der Waals surface area (Å²) in [5, 5.41) is 2.79. The van der Waals surface area contributed by atoms with E-state index in [9.17, 15) is 0 Å². The Morgan fingerprint density at radius 3 is 1.12 bits per heavy atom. The Morgan fingerprint density at radius 1 is 0.500 bits per heavy atom. The number of hydrogen-bond acceptors (Lipinski definition) is 0. The first-order chi connectivity index (χ1) is 6.45. The van der Waals surface area contributed by atoms with E-state index in [1.807, 2.05) is 0 Å². The predicted molar refractivity (Wildman–Crippen MR) is 68.0 cm³/mol. The first kappa shape index (κ1) is 17.1. The second-order valence-corrected chi connectivity index (χ2v) is 4.26. The molecule has 0 bridgehead atoms. The molecular formula is C12H14F3P. The van der Waals surface area contributed by atoms with Crippen LogP contribution in [0.3, 0.4) is 0 Å². The molecule has 2 aromatic carbocycles. The molecule has 0 amide bonds. The summed E-state index contributed by atoms with van der Waals surface area (Å²) in [7, 11) is 0.777. The lowest BCUT2D eigenvalue weighted by molar-refractivity contribution is 1.11. The van der Waals surface area contributed by atoms with Gasteiger partial charge in [0.1, 0.15) is 0 Å². The Balaban J connectivity index is 0. The van der Waals surface area contributed by atoms with Crippen LogP contribution in [0.4, 0.5) is 14.1 Å². The van der Waals surface area contributed by atoms with E-state index in [0.717, 1.165) is 8.58 Å².